The second-order valence-electron chi connectivity index (χ2n) is 6.52. The lowest BCUT2D eigenvalue weighted by Gasteiger charge is -2.41. The summed E-state index contributed by atoms with van der Waals surface area (Å²) >= 11 is 0. The van der Waals surface area contributed by atoms with E-state index in [4.69, 9.17) is 5.11 Å². The second kappa shape index (κ2) is 8.13. The average Bonchev–Trinajstić information content (AvgIpc) is 2.53. The number of piperidine rings is 1. The van der Waals surface area contributed by atoms with Gasteiger partial charge in [0.15, 0.2) is 17.5 Å². The molecule has 2 rings (SSSR count). The highest BCUT2D eigenvalue weighted by Gasteiger charge is 2.30. The highest BCUT2D eigenvalue weighted by atomic mass is 19.2. The lowest BCUT2D eigenvalue weighted by Crippen LogP contribution is -2.48. The first-order chi connectivity index (χ1) is 10.9. The van der Waals surface area contributed by atoms with E-state index in [0.29, 0.717) is 12.0 Å². The Labute approximate surface area is 135 Å². The molecule has 3 nitrogen and oxygen atoms in total. The molecule has 2 atom stereocenters. The van der Waals surface area contributed by atoms with Gasteiger partial charge in [-0.3, -0.25) is 4.90 Å². The zero-order chi connectivity index (χ0) is 17.0. The molecule has 1 aromatic rings. The van der Waals surface area contributed by atoms with Gasteiger partial charge in [-0.1, -0.05) is 6.07 Å². The summed E-state index contributed by atoms with van der Waals surface area (Å²) < 4.78 is 40.2. The van der Waals surface area contributed by atoms with Crippen molar-refractivity contribution >= 4 is 0 Å². The van der Waals surface area contributed by atoms with Crippen molar-refractivity contribution in [2.45, 2.75) is 31.8 Å². The molecule has 1 aliphatic heterocycles. The molecule has 0 bridgehead atoms. The Morgan fingerprint density at radius 2 is 1.96 bits per heavy atom. The van der Waals surface area contributed by atoms with Crippen LogP contribution in [0.1, 0.15) is 24.8 Å². The maximum atomic E-state index is 13.8. The Morgan fingerprint density at radius 1 is 1.22 bits per heavy atom. The maximum Gasteiger partial charge on any atom is 0.194 e. The third-order valence-electron chi connectivity index (χ3n) is 4.68. The highest BCUT2D eigenvalue weighted by Crippen LogP contribution is 2.26. The van der Waals surface area contributed by atoms with Gasteiger partial charge in [-0.15, -0.1) is 0 Å². The van der Waals surface area contributed by atoms with E-state index in [9.17, 15) is 13.2 Å². The van der Waals surface area contributed by atoms with Crippen molar-refractivity contribution in [1.82, 2.24) is 9.80 Å². The van der Waals surface area contributed by atoms with E-state index in [2.05, 4.69) is 9.80 Å². The van der Waals surface area contributed by atoms with Crippen molar-refractivity contribution in [3.63, 3.8) is 0 Å². The van der Waals surface area contributed by atoms with Gasteiger partial charge in [-0.2, -0.15) is 0 Å². The van der Waals surface area contributed by atoms with Crippen LogP contribution in [0.25, 0.3) is 0 Å². The molecule has 1 saturated heterocycles. The minimum atomic E-state index is -1.40. The quantitative estimate of drug-likeness (QED) is 0.813. The van der Waals surface area contributed by atoms with Crippen LogP contribution in [0.4, 0.5) is 13.2 Å². The number of hydrogen-bond acceptors (Lipinski definition) is 3. The minimum absolute atomic E-state index is 0.161. The van der Waals surface area contributed by atoms with E-state index >= 15 is 0 Å². The van der Waals surface area contributed by atoms with Gasteiger partial charge >= 0.3 is 0 Å². The van der Waals surface area contributed by atoms with Crippen LogP contribution in [-0.4, -0.2) is 54.7 Å². The molecule has 0 saturated carbocycles. The van der Waals surface area contributed by atoms with E-state index in [1.807, 2.05) is 14.1 Å². The molecule has 1 fully saturated rings. The summed E-state index contributed by atoms with van der Waals surface area (Å²) in [7, 11) is 4.09. The summed E-state index contributed by atoms with van der Waals surface area (Å²) in [5.74, 6) is -3.27. The summed E-state index contributed by atoms with van der Waals surface area (Å²) in [6, 6.07) is 2.71. The molecule has 1 aliphatic rings. The van der Waals surface area contributed by atoms with Crippen molar-refractivity contribution in [2.75, 3.05) is 33.8 Å². The largest absolute Gasteiger partial charge is 0.396 e. The Balaban J connectivity index is 2.05. The van der Waals surface area contributed by atoms with Crippen LogP contribution >= 0.6 is 0 Å². The molecular weight excluding hydrogens is 305 g/mol. The monoisotopic (exact) mass is 330 g/mol. The maximum absolute atomic E-state index is 13.8. The fourth-order valence-electron chi connectivity index (χ4n) is 3.48. The molecule has 0 spiro atoms. The normalized spacial score (nSPS) is 22.7. The lowest BCUT2D eigenvalue weighted by atomic mass is 9.87. The first-order valence-electron chi connectivity index (χ1n) is 8.06. The smallest absolute Gasteiger partial charge is 0.194 e. The van der Waals surface area contributed by atoms with Crippen molar-refractivity contribution in [2.24, 2.45) is 5.92 Å². The van der Waals surface area contributed by atoms with E-state index < -0.39 is 17.5 Å². The lowest BCUT2D eigenvalue weighted by molar-refractivity contribution is 0.0710. The number of likely N-dealkylation sites (tertiary alicyclic amines) is 1. The Morgan fingerprint density at radius 3 is 2.61 bits per heavy atom. The predicted molar refractivity (Wildman–Crippen MR) is 83.5 cm³/mol. The number of halogens is 3. The molecule has 0 amide bonds. The van der Waals surface area contributed by atoms with Gasteiger partial charge in [0.2, 0.25) is 0 Å². The first-order valence-corrected chi connectivity index (χ1v) is 8.06. The highest BCUT2D eigenvalue weighted by molar-refractivity contribution is 5.20. The van der Waals surface area contributed by atoms with Gasteiger partial charge in [0.25, 0.3) is 0 Å². The predicted octanol–water partition coefficient (Wildman–Crippen LogP) is 2.63. The number of nitrogens with zero attached hydrogens (tertiary/aromatic N) is 2. The fraction of sp³-hybridized carbons (Fsp3) is 0.647. The van der Waals surface area contributed by atoms with Gasteiger partial charge in [0.05, 0.1) is 0 Å². The number of benzene rings is 1. The van der Waals surface area contributed by atoms with Crippen LogP contribution in [0.15, 0.2) is 12.1 Å². The van der Waals surface area contributed by atoms with Crippen LogP contribution in [0.5, 0.6) is 0 Å². The molecule has 1 heterocycles. The number of aliphatic hydroxyl groups excluding tert-OH is 1. The van der Waals surface area contributed by atoms with Crippen molar-refractivity contribution < 1.29 is 18.3 Å². The topological polar surface area (TPSA) is 26.7 Å². The molecule has 130 valence electrons. The van der Waals surface area contributed by atoms with Gasteiger partial charge < -0.3 is 10.0 Å². The van der Waals surface area contributed by atoms with Crippen LogP contribution in [0.2, 0.25) is 0 Å². The molecule has 0 radical (unpaired) electrons. The molecular formula is C17H25F3N2O. The third-order valence-corrected chi connectivity index (χ3v) is 4.68. The van der Waals surface area contributed by atoms with Gasteiger partial charge in [0, 0.05) is 31.3 Å². The zero-order valence-corrected chi connectivity index (χ0v) is 13.7. The van der Waals surface area contributed by atoms with Crippen LogP contribution in [-0.2, 0) is 6.54 Å². The molecule has 0 aromatic heterocycles. The van der Waals surface area contributed by atoms with Gasteiger partial charge in [0.1, 0.15) is 0 Å². The van der Waals surface area contributed by atoms with E-state index in [1.165, 1.54) is 6.07 Å². The van der Waals surface area contributed by atoms with Crippen molar-refractivity contribution in [1.29, 1.82) is 0 Å². The number of aliphatic hydroxyl groups is 1. The van der Waals surface area contributed by atoms with Crippen LogP contribution in [0, 0.1) is 23.4 Å². The van der Waals surface area contributed by atoms with E-state index in [-0.39, 0.29) is 18.7 Å². The van der Waals surface area contributed by atoms with Crippen LogP contribution < -0.4 is 0 Å². The third kappa shape index (κ3) is 4.46. The number of rotatable bonds is 6. The standard InChI is InChI=1S/C17H25F3N2O/c1-21(2)15-7-8-22(10-12(15)4-3-9-23)11-13-5-6-14(18)17(20)16(13)19/h5-6,12,15,23H,3-4,7-11H2,1-2H3/t12-,15+/m1/s1. The van der Waals surface area contributed by atoms with E-state index in [0.717, 1.165) is 38.4 Å². The minimum Gasteiger partial charge on any atom is -0.396 e. The Hall–Kier alpha value is -1.11. The molecule has 6 heteroatoms. The summed E-state index contributed by atoms with van der Waals surface area (Å²) in [6.45, 7) is 1.99. The first kappa shape index (κ1) is 18.2. The SMILES string of the molecule is CN(C)[C@H]1CCN(Cc2ccc(F)c(F)c2F)C[C@H]1CCCO. The fourth-order valence-corrected chi connectivity index (χ4v) is 3.48. The molecule has 0 aliphatic carbocycles. The summed E-state index contributed by atoms with van der Waals surface area (Å²) in [6.07, 6.45) is 2.58. The average molecular weight is 330 g/mol. The Kier molecular flexibility index (Phi) is 6.44. The molecule has 23 heavy (non-hydrogen) atoms. The number of hydrogen-bond donors (Lipinski definition) is 1. The molecule has 1 aromatic carbocycles. The Bertz CT molecular complexity index is 525. The zero-order valence-electron chi connectivity index (χ0n) is 13.7. The van der Waals surface area contributed by atoms with Gasteiger partial charge in [-0.05, 0) is 51.9 Å². The van der Waals surface area contributed by atoms with E-state index in [1.54, 1.807) is 0 Å². The summed E-state index contributed by atoms with van der Waals surface area (Å²) in [5.41, 5.74) is 0.188. The van der Waals surface area contributed by atoms with Crippen LogP contribution in [0.3, 0.4) is 0 Å². The second-order valence-corrected chi connectivity index (χ2v) is 6.52. The molecule has 0 unspecified atom stereocenters. The van der Waals surface area contributed by atoms with Gasteiger partial charge in [-0.25, -0.2) is 13.2 Å². The molecule has 1 N–H and O–H groups in total. The van der Waals surface area contributed by atoms with Crippen molar-refractivity contribution in [3.8, 4) is 0 Å². The summed E-state index contributed by atoms with van der Waals surface area (Å²) in [5, 5.41) is 9.06. The van der Waals surface area contributed by atoms with Crippen molar-refractivity contribution in [3.05, 3.63) is 35.1 Å². The summed E-state index contributed by atoms with van der Waals surface area (Å²) in [4.78, 5) is 4.27.